The molecule has 0 radical (unpaired) electrons. The normalized spacial score (nSPS) is 11.4. The van der Waals surface area contributed by atoms with Crippen LogP contribution in [0.4, 0.5) is 4.39 Å². The van der Waals surface area contributed by atoms with Crippen molar-refractivity contribution >= 4 is 22.7 Å². The van der Waals surface area contributed by atoms with Gasteiger partial charge in [0.2, 0.25) is 0 Å². The first-order chi connectivity index (χ1) is 10.7. The molecule has 0 fully saturated rings. The summed E-state index contributed by atoms with van der Waals surface area (Å²) in [5.74, 6) is 0.866. The molecular weight excluding hydrogens is 281 g/mol. The second-order valence-electron chi connectivity index (χ2n) is 4.69. The molecule has 1 N–H and O–H groups in total. The van der Waals surface area contributed by atoms with E-state index in [-0.39, 0.29) is 5.82 Å². The maximum absolute atomic E-state index is 12.9. The summed E-state index contributed by atoms with van der Waals surface area (Å²) in [6.07, 6.45) is 1.66. The van der Waals surface area contributed by atoms with Gasteiger partial charge in [-0.2, -0.15) is 5.26 Å². The summed E-state index contributed by atoms with van der Waals surface area (Å²) in [5.41, 5.74) is 2.64. The minimum Gasteiger partial charge on any atom is -0.497 e. The average Bonchev–Trinajstić information content (AvgIpc) is 2.97. The number of hydrogen-bond donors (Lipinski definition) is 1. The predicted octanol–water partition coefficient (Wildman–Crippen LogP) is 3.77. The molecule has 5 heteroatoms. The minimum atomic E-state index is -0.313. The van der Waals surface area contributed by atoms with E-state index in [0.717, 1.165) is 16.6 Å². The quantitative estimate of drug-likeness (QED) is 0.748. The lowest BCUT2D eigenvalue weighted by Gasteiger charge is -1.97. The average molecular weight is 293 g/mol. The van der Waals surface area contributed by atoms with Crippen LogP contribution >= 0.6 is 0 Å². The second kappa shape index (κ2) is 5.70. The number of H-pyrrole nitrogens is 1. The van der Waals surface area contributed by atoms with Gasteiger partial charge in [0.05, 0.1) is 23.7 Å². The van der Waals surface area contributed by atoms with Crippen LogP contribution in [0.1, 0.15) is 11.4 Å². The standard InChI is InChI=1S/C17H12FN3O/c1-22-14-6-7-15-16(9-14)21-17(20-15)12(10-19)8-11-2-4-13(18)5-3-11/h2-9H,1H3,(H,20,21). The predicted molar refractivity (Wildman–Crippen MR) is 82.5 cm³/mol. The van der Waals surface area contributed by atoms with E-state index in [2.05, 4.69) is 16.0 Å². The highest BCUT2D eigenvalue weighted by Gasteiger charge is 2.08. The van der Waals surface area contributed by atoms with Gasteiger partial charge in [0.15, 0.2) is 0 Å². The zero-order valence-corrected chi connectivity index (χ0v) is 11.8. The van der Waals surface area contributed by atoms with Crippen molar-refractivity contribution in [3.8, 4) is 11.8 Å². The number of halogens is 1. The summed E-state index contributed by atoms with van der Waals surface area (Å²) < 4.78 is 18.1. The number of benzene rings is 2. The SMILES string of the molecule is COc1ccc2nc(C(C#N)=Cc3ccc(F)cc3)[nH]c2c1. The van der Waals surface area contributed by atoms with Gasteiger partial charge in [0, 0.05) is 6.07 Å². The highest BCUT2D eigenvalue weighted by atomic mass is 19.1. The van der Waals surface area contributed by atoms with Gasteiger partial charge in [-0.15, -0.1) is 0 Å². The Bertz CT molecular complexity index is 888. The Morgan fingerprint density at radius 2 is 2.05 bits per heavy atom. The van der Waals surface area contributed by atoms with Crippen molar-refractivity contribution in [1.82, 2.24) is 9.97 Å². The van der Waals surface area contributed by atoms with E-state index in [1.165, 1.54) is 12.1 Å². The molecule has 3 rings (SSSR count). The van der Waals surface area contributed by atoms with Crippen LogP contribution in [0.5, 0.6) is 5.75 Å². The van der Waals surface area contributed by atoms with Gasteiger partial charge < -0.3 is 9.72 Å². The molecule has 0 saturated carbocycles. The van der Waals surface area contributed by atoms with Gasteiger partial charge in [-0.3, -0.25) is 0 Å². The number of aromatic nitrogens is 2. The maximum atomic E-state index is 12.9. The summed E-state index contributed by atoms with van der Waals surface area (Å²) in [6.45, 7) is 0. The molecule has 22 heavy (non-hydrogen) atoms. The van der Waals surface area contributed by atoms with Gasteiger partial charge in [-0.25, -0.2) is 9.37 Å². The van der Waals surface area contributed by atoms with Crippen LogP contribution < -0.4 is 4.74 Å². The molecular formula is C17H12FN3O. The first kappa shape index (κ1) is 13.8. The number of nitrogens with one attached hydrogen (secondary N) is 1. The Kier molecular flexibility index (Phi) is 3.58. The Morgan fingerprint density at radius 3 is 2.73 bits per heavy atom. The van der Waals surface area contributed by atoms with Crippen molar-refractivity contribution in [1.29, 1.82) is 5.26 Å². The third-order valence-corrected chi connectivity index (χ3v) is 3.25. The van der Waals surface area contributed by atoms with Crippen LogP contribution in [0.2, 0.25) is 0 Å². The van der Waals surface area contributed by atoms with E-state index >= 15 is 0 Å². The number of nitrogens with zero attached hydrogens (tertiary/aromatic N) is 2. The van der Waals surface area contributed by atoms with Crippen molar-refractivity contribution in [2.45, 2.75) is 0 Å². The molecule has 0 bridgehead atoms. The van der Waals surface area contributed by atoms with Crippen molar-refractivity contribution in [3.63, 3.8) is 0 Å². The molecule has 0 aliphatic carbocycles. The van der Waals surface area contributed by atoms with Crippen molar-refractivity contribution < 1.29 is 9.13 Å². The molecule has 1 aromatic heterocycles. The number of rotatable bonds is 3. The van der Waals surface area contributed by atoms with E-state index in [1.54, 1.807) is 25.3 Å². The Balaban J connectivity index is 2.03. The van der Waals surface area contributed by atoms with Crippen LogP contribution in [-0.2, 0) is 0 Å². The third-order valence-electron chi connectivity index (χ3n) is 3.25. The number of fused-ring (bicyclic) bond motifs is 1. The summed E-state index contributed by atoms with van der Waals surface area (Å²) in [7, 11) is 1.59. The molecule has 4 nitrogen and oxygen atoms in total. The topological polar surface area (TPSA) is 61.7 Å². The molecule has 0 aliphatic heterocycles. The number of imidazole rings is 1. The zero-order chi connectivity index (χ0) is 15.5. The molecule has 2 aromatic carbocycles. The highest BCUT2D eigenvalue weighted by Crippen LogP contribution is 2.22. The number of aromatic amines is 1. The number of allylic oxidation sites excluding steroid dienone is 1. The lowest BCUT2D eigenvalue weighted by Crippen LogP contribution is -1.85. The van der Waals surface area contributed by atoms with Crippen LogP contribution in [0.3, 0.4) is 0 Å². The number of nitriles is 1. The first-order valence-corrected chi connectivity index (χ1v) is 6.61. The monoisotopic (exact) mass is 293 g/mol. The van der Waals surface area contributed by atoms with E-state index < -0.39 is 0 Å². The maximum Gasteiger partial charge on any atom is 0.149 e. The number of hydrogen-bond acceptors (Lipinski definition) is 3. The second-order valence-corrected chi connectivity index (χ2v) is 4.69. The van der Waals surface area contributed by atoms with Crippen LogP contribution in [0.25, 0.3) is 22.7 Å². The molecule has 0 atom stereocenters. The molecule has 3 aromatic rings. The first-order valence-electron chi connectivity index (χ1n) is 6.61. The van der Waals surface area contributed by atoms with Gasteiger partial charge in [-0.05, 0) is 35.9 Å². The fourth-order valence-electron chi connectivity index (χ4n) is 2.12. The van der Waals surface area contributed by atoms with Crippen LogP contribution in [0, 0.1) is 17.1 Å². The van der Waals surface area contributed by atoms with Crippen LogP contribution in [0.15, 0.2) is 42.5 Å². The Hall–Kier alpha value is -3.13. The minimum absolute atomic E-state index is 0.313. The smallest absolute Gasteiger partial charge is 0.149 e. The van der Waals surface area contributed by atoms with Gasteiger partial charge >= 0.3 is 0 Å². The van der Waals surface area contributed by atoms with Crippen LogP contribution in [-0.4, -0.2) is 17.1 Å². The van der Waals surface area contributed by atoms with Gasteiger partial charge in [-0.1, -0.05) is 12.1 Å². The van der Waals surface area contributed by atoms with Gasteiger partial charge in [0.1, 0.15) is 23.5 Å². The lowest BCUT2D eigenvalue weighted by atomic mass is 10.1. The van der Waals surface area contributed by atoms with E-state index in [0.29, 0.717) is 17.1 Å². The molecule has 0 aliphatic rings. The Labute approximate surface area is 126 Å². The van der Waals surface area contributed by atoms with Crippen molar-refractivity contribution in [3.05, 3.63) is 59.7 Å². The third kappa shape index (κ3) is 2.67. The summed E-state index contributed by atoms with van der Waals surface area (Å²) in [4.78, 5) is 7.49. The number of methoxy groups -OCH3 is 1. The number of ether oxygens (including phenoxy) is 1. The lowest BCUT2D eigenvalue weighted by molar-refractivity contribution is 0.415. The molecule has 0 saturated heterocycles. The fourth-order valence-corrected chi connectivity index (χ4v) is 2.12. The molecule has 0 unspecified atom stereocenters. The largest absolute Gasteiger partial charge is 0.497 e. The molecule has 108 valence electrons. The summed E-state index contributed by atoms with van der Waals surface area (Å²) >= 11 is 0. The fraction of sp³-hybridized carbons (Fsp3) is 0.0588. The molecule has 0 amide bonds. The van der Waals surface area contributed by atoms with E-state index in [1.807, 2.05) is 18.2 Å². The summed E-state index contributed by atoms with van der Waals surface area (Å²) in [6, 6.07) is 13.5. The van der Waals surface area contributed by atoms with Crippen molar-refractivity contribution in [2.75, 3.05) is 7.11 Å². The zero-order valence-electron chi connectivity index (χ0n) is 11.8. The summed E-state index contributed by atoms with van der Waals surface area (Å²) in [5, 5.41) is 9.34. The molecule has 0 spiro atoms. The van der Waals surface area contributed by atoms with E-state index in [9.17, 15) is 9.65 Å². The Morgan fingerprint density at radius 1 is 1.27 bits per heavy atom. The van der Waals surface area contributed by atoms with Gasteiger partial charge in [0.25, 0.3) is 0 Å². The van der Waals surface area contributed by atoms with Crippen molar-refractivity contribution in [2.24, 2.45) is 0 Å². The highest BCUT2D eigenvalue weighted by molar-refractivity contribution is 5.90. The molecule has 1 heterocycles. The van der Waals surface area contributed by atoms with E-state index in [4.69, 9.17) is 4.74 Å².